The molecule has 3 heteroatoms. The minimum atomic E-state index is -0.234. The number of aliphatic hydroxyl groups excluding tert-OH is 1. The molecule has 2 aromatic carbocycles. The molecule has 30 heavy (non-hydrogen) atoms. The van der Waals surface area contributed by atoms with Crippen LogP contribution in [0.25, 0.3) is 5.57 Å². The van der Waals surface area contributed by atoms with Gasteiger partial charge in [0.2, 0.25) is 0 Å². The van der Waals surface area contributed by atoms with Gasteiger partial charge in [0.15, 0.2) is 5.78 Å². The molecular formula is C27H30O3. The Balaban J connectivity index is 1.59. The summed E-state index contributed by atoms with van der Waals surface area (Å²) in [6, 6.07) is 12.9. The van der Waals surface area contributed by atoms with Crippen LogP contribution in [0.3, 0.4) is 0 Å². The molecule has 0 unspecified atom stereocenters. The van der Waals surface area contributed by atoms with Gasteiger partial charge in [0.05, 0.1) is 29.6 Å². The molecule has 0 spiro atoms. The SMILES string of the molecule is CCc1cc(C)cc(CC)c1C1=C(O)[C@@H]2[C@@H]3O[C@@H](C[C@H]3c3ccc(C)cc3)[C@@H]2C1=O. The fourth-order valence-electron chi connectivity index (χ4n) is 6.07. The summed E-state index contributed by atoms with van der Waals surface area (Å²) in [6.07, 6.45) is 2.33. The van der Waals surface area contributed by atoms with Gasteiger partial charge in [-0.1, -0.05) is 61.4 Å². The Kier molecular flexibility index (Phi) is 4.62. The molecule has 1 N–H and O–H groups in total. The molecule has 2 saturated heterocycles. The van der Waals surface area contributed by atoms with E-state index in [1.165, 1.54) is 16.7 Å². The Morgan fingerprint density at radius 3 is 2.20 bits per heavy atom. The Hall–Kier alpha value is -2.39. The van der Waals surface area contributed by atoms with Crippen LogP contribution in [0.15, 0.2) is 42.2 Å². The second-order valence-electron chi connectivity index (χ2n) is 9.23. The molecule has 5 atom stereocenters. The number of ketones is 1. The van der Waals surface area contributed by atoms with Crippen molar-refractivity contribution in [2.75, 3.05) is 0 Å². The van der Waals surface area contributed by atoms with Crippen molar-refractivity contribution < 1.29 is 14.6 Å². The number of benzene rings is 2. The van der Waals surface area contributed by atoms with Crippen LogP contribution >= 0.6 is 0 Å². The first-order chi connectivity index (χ1) is 14.4. The summed E-state index contributed by atoms with van der Waals surface area (Å²) in [5.74, 6) is 0.138. The second kappa shape index (κ2) is 7.09. The van der Waals surface area contributed by atoms with Gasteiger partial charge >= 0.3 is 0 Å². The summed E-state index contributed by atoms with van der Waals surface area (Å²) >= 11 is 0. The maximum atomic E-state index is 13.6. The van der Waals surface area contributed by atoms with E-state index in [0.717, 1.165) is 36.0 Å². The third-order valence-corrected chi connectivity index (χ3v) is 7.44. The fourth-order valence-corrected chi connectivity index (χ4v) is 6.07. The van der Waals surface area contributed by atoms with Gasteiger partial charge in [0.1, 0.15) is 5.76 Å². The Labute approximate surface area is 178 Å². The predicted molar refractivity (Wildman–Crippen MR) is 119 cm³/mol. The van der Waals surface area contributed by atoms with Gasteiger partial charge in [-0.25, -0.2) is 0 Å². The summed E-state index contributed by atoms with van der Waals surface area (Å²) in [6.45, 7) is 8.43. The highest BCUT2D eigenvalue weighted by molar-refractivity contribution is 6.26. The molecule has 2 aliphatic heterocycles. The number of ether oxygens (including phenoxy) is 1. The van der Waals surface area contributed by atoms with Crippen LogP contribution in [0.5, 0.6) is 0 Å². The predicted octanol–water partition coefficient (Wildman–Crippen LogP) is 5.47. The van der Waals surface area contributed by atoms with Gasteiger partial charge in [-0.15, -0.1) is 0 Å². The van der Waals surface area contributed by atoms with E-state index in [1.54, 1.807) is 0 Å². The molecular weight excluding hydrogens is 372 g/mol. The monoisotopic (exact) mass is 402 g/mol. The zero-order valence-electron chi connectivity index (χ0n) is 18.2. The molecule has 0 amide bonds. The summed E-state index contributed by atoms with van der Waals surface area (Å²) in [7, 11) is 0. The zero-order valence-corrected chi connectivity index (χ0v) is 18.2. The third kappa shape index (κ3) is 2.71. The van der Waals surface area contributed by atoms with Crippen molar-refractivity contribution >= 4 is 11.4 Å². The van der Waals surface area contributed by atoms with E-state index in [4.69, 9.17) is 4.74 Å². The first kappa shape index (κ1) is 19.6. The highest BCUT2D eigenvalue weighted by Crippen LogP contribution is 2.58. The fraction of sp³-hybridized carbons (Fsp3) is 0.444. The average molecular weight is 403 g/mol. The Morgan fingerprint density at radius 1 is 0.967 bits per heavy atom. The Bertz CT molecular complexity index is 1020. The highest BCUT2D eigenvalue weighted by Gasteiger charge is 2.62. The van der Waals surface area contributed by atoms with E-state index in [1.807, 2.05) is 0 Å². The average Bonchev–Trinajstić information content (AvgIpc) is 3.40. The second-order valence-corrected chi connectivity index (χ2v) is 9.23. The maximum Gasteiger partial charge on any atom is 0.173 e. The van der Waals surface area contributed by atoms with E-state index >= 15 is 0 Å². The lowest BCUT2D eigenvalue weighted by Gasteiger charge is -2.27. The molecule has 2 heterocycles. The molecule has 2 bridgehead atoms. The van der Waals surface area contributed by atoms with Crippen LogP contribution in [0.4, 0.5) is 0 Å². The number of aliphatic hydroxyl groups is 1. The Morgan fingerprint density at radius 2 is 1.60 bits per heavy atom. The van der Waals surface area contributed by atoms with Gasteiger partial charge in [-0.3, -0.25) is 4.79 Å². The number of hydrogen-bond acceptors (Lipinski definition) is 3. The van der Waals surface area contributed by atoms with Gasteiger partial charge in [-0.05, 0) is 55.4 Å². The van der Waals surface area contributed by atoms with E-state index < -0.39 is 0 Å². The summed E-state index contributed by atoms with van der Waals surface area (Å²) in [4.78, 5) is 13.6. The topological polar surface area (TPSA) is 46.5 Å². The van der Waals surface area contributed by atoms with Gasteiger partial charge in [0.25, 0.3) is 0 Å². The minimum Gasteiger partial charge on any atom is -0.511 e. The van der Waals surface area contributed by atoms with Crippen molar-refractivity contribution in [2.45, 2.75) is 65.1 Å². The number of aryl methyl sites for hydroxylation is 4. The highest BCUT2D eigenvalue weighted by atomic mass is 16.5. The van der Waals surface area contributed by atoms with Gasteiger partial charge in [0, 0.05) is 5.92 Å². The lowest BCUT2D eigenvalue weighted by molar-refractivity contribution is -0.118. The molecule has 1 aliphatic carbocycles. The van der Waals surface area contributed by atoms with Crippen molar-refractivity contribution in [3.63, 3.8) is 0 Å². The lowest BCUT2D eigenvalue weighted by atomic mass is 9.72. The molecule has 0 aromatic heterocycles. The first-order valence-electron chi connectivity index (χ1n) is 11.3. The number of rotatable bonds is 4. The first-order valence-corrected chi connectivity index (χ1v) is 11.3. The van der Waals surface area contributed by atoms with Crippen LogP contribution < -0.4 is 0 Å². The number of allylic oxidation sites excluding steroid dienone is 1. The van der Waals surface area contributed by atoms with Crippen LogP contribution in [0.2, 0.25) is 0 Å². The number of hydrogen-bond donors (Lipinski definition) is 1. The van der Waals surface area contributed by atoms with Crippen molar-refractivity contribution in [3.8, 4) is 0 Å². The summed E-state index contributed by atoms with van der Waals surface area (Å²) in [5.41, 5.74) is 7.56. The molecule has 156 valence electrons. The molecule has 2 aromatic rings. The number of carbonyl (C=O) groups excluding carboxylic acids is 1. The molecule has 0 saturated carbocycles. The smallest absolute Gasteiger partial charge is 0.173 e. The van der Waals surface area contributed by atoms with E-state index in [0.29, 0.717) is 5.57 Å². The summed E-state index contributed by atoms with van der Waals surface area (Å²) in [5, 5.41) is 11.4. The van der Waals surface area contributed by atoms with Crippen molar-refractivity contribution in [2.24, 2.45) is 11.8 Å². The maximum absolute atomic E-state index is 13.6. The standard InChI is InChI=1S/C27H30O3/c1-5-16-11-15(4)12-17(6-2)21(16)23-25(28)22-20-13-19(18-9-7-14(3)8-10-18)27(30-20)24(22)26(23)29/h7-12,19-20,22,24,27,29H,5-6,13H2,1-4H3/t19-,20-,22-,24+,27+/m0/s1. The molecule has 0 radical (unpaired) electrons. The summed E-state index contributed by atoms with van der Waals surface area (Å²) < 4.78 is 6.28. The van der Waals surface area contributed by atoms with Crippen LogP contribution in [-0.2, 0) is 22.4 Å². The third-order valence-electron chi connectivity index (χ3n) is 7.44. The van der Waals surface area contributed by atoms with Crippen molar-refractivity contribution in [3.05, 3.63) is 75.5 Å². The van der Waals surface area contributed by atoms with Crippen LogP contribution in [0, 0.1) is 25.7 Å². The normalized spacial score (nSPS) is 29.7. The lowest BCUT2D eigenvalue weighted by Crippen LogP contribution is -2.33. The van der Waals surface area contributed by atoms with E-state index in [-0.39, 0.29) is 41.5 Å². The molecule has 5 rings (SSSR count). The molecule has 3 aliphatic rings. The van der Waals surface area contributed by atoms with Crippen molar-refractivity contribution in [1.29, 1.82) is 0 Å². The quantitative estimate of drug-likeness (QED) is 0.738. The molecule has 3 nitrogen and oxygen atoms in total. The molecule has 2 fully saturated rings. The van der Waals surface area contributed by atoms with Crippen molar-refractivity contribution in [1.82, 2.24) is 0 Å². The largest absolute Gasteiger partial charge is 0.511 e. The van der Waals surface area contributed by atoms with Crippen LogP contribution in [0.1, 0.15) is 59.6 Å². The van der Waals surface area contributed by atoms with Gasteiger partial charge < -0.3 is 9.84 Å². The number of carbonyl (C=O) groups is 1. The number of fused-ring (bicyclic) bond motifs is 5. The minimum absolute atomic E-state index is 0.0839. The van der Waals surface area contributed by atoms with E-state index in [2.05, 4.69) is 64.1 Å². The van der Waals surface area contributed by atoms with E-state index in [9.17, 15) is 9.90 Å². The van der Waals surface area contributed by atoms with Crippen LogP contribution in [-0.4, -0.2) is 23.1 Å². The van der Waals surface area contributed by atoms with Gasteiger partial charge in [-0.2, -0.15) is 0 Å². The number of Topliss-reactive ketones (excluding diaryl/α,β-unsaturated/α-hetero) is 1. The zero-order chi connectivity index (χ0) is 21.2.